The minimum absolute atomic E-state index is 0.209. The number of ether oxygens (including phenoxy) is 2. The number of aryl methyl sites for hydroxylation is 2. The Morgan fingerprint density at radius 1 is 1.00 bits per heavy atom. The molecular formula is C24H28N2O5. The second-order valence-corrected chi connectivity index (χ2v) is 7.51. The molecule has 0 bridgehead atoms. The number of fused-ring (bicyclic) bond motifs is 1. The summed E-state index contributed by atoms with van der Waals surface area (Å²) in [6, 6.07) is 10.2. The maximum atomic E-state index is 13.6. The first-order chi connectivity index (χ1) is 14.8. The normalized spacial score (nSPS) is 15.3. The summed E-state index contributed by atoms with van der Waals surface area (Å²) in [5.41, 5.74) is 3.72. The average Bonchev–Trinajstić information content (AvgIpc) is 2.78. The van der Waals surface area contributed by atoms with Crippen molar-refractivity contribution in [2.24, 2.45) is 0 Å². The van der Waals surface area contributed by atoms with Gasteiger partial charge in [0.1, 0.15) is 0 Å². The van der Waals surface area contributed by atoms with Gasteiger partial charge >= 0.3 is 12.1 Å². The number of carbonyl (C=O) groups is 3. The fourth-order valence-corrected chi connectivity index (χ4v) is 3.83. The molecule has 0 saturated carbocycles. The molecule has 7 heteroatoms. The lowest BCUT2D eigenvalue weighted by atomic mass is 9.98. The van der Waals surface area contributed by atoms with E-state index in [-0.39, 0.29) is 29.7 Å². The van der Waals surface area contributed by atoms with E-state index in [1.807, 2.05) is 32.9 Å². The highest BCUT2D eigenvalue weighted by Crippen LogP contribution is 2.39. The fourth-order valence-electron chi connectivity index (χ4n) is 3.83. The summed E-state index contributed by atoms with van der Waals surface area (Å²) in [5.74, 6) is -0.881. The second kappa shape index (κ2) is 9.20. The lowest BCUT2D eigenvalue weighted by molar-refractivity contribution is 0.0597. The van der Waals surface area contributed by atoms with E-state index in [1.54, 1.807) is 41.0 Å². The van der Waals surface area contributed by atoms with E-state index in [1.165, 1.54) is 7.11 Å². The molecule has 1 atom stereocenters. The van der Waals surface area contributed by atoms with Crippen molar-refractivity contribution in [1.82, 2.24) is 0 Å². The zero-order valence-corrected chi connectivity index (χ0v) is 18.6. The zero-order valence-electron chi connectivity index (χ0n) is 18.6. The van der Waals surface area contributed by atoms with E-state index in [9.17, 15) is 14.4 Å². The van der Waals surface area contributed by atoms with E-state index < -0.39 is 12.1 Å². The van der Waals surface area contributed by atoms with Gasteiger partial charge < -0.3 is 14.4 Å². The maximum Gasteiger partial charge on any atom is 0.414 e. The first-order valence-corrected chi connectivity index (χ1v) is 10.4. The Labute approximate surface area is 182 Å². The third-order valence-corrected chi connectivity index (χ3v) is 5.64. The molecule has 7 nitrogen and oxygen atoms in total. The van der Waals surface area contributed by atoms with Crippen molar-refractivity contribution in [3.63, 3.8) is 0 Å². The maximum absolute atomic E-state index is 13.6. The highest BCUT2D eigenvalue weighted by molar-refractivity contribution is 6.14. The number of amides is 2. The smallest absolute Gasteiger partial charge is 0.414 e. The predicted octanol–water partition coefficient (Wildman–Crippen LogP) is 4.49. The monoisotopic (exact) mass is 424 g/mol. The zero-order chi connectivity index (χ0) is 22.7. The summed E-state index contributed by atoms with van der Waals surface area (Å²) in [4.78, 5) is 42.0. The van der Waals surface area contributed by atoms with Crippen molar-refractivity contribution in [1.29, 1.82) is 0 Å². The number of nitrogens with zero attached hydrogens (tertiary/aromatic N) is 2. The highest BCUT2D eigenvalue weighted by Gasteiger charge is 2.38. The summed E-state index contributed by atoms with van der Waals surface area (Å²) in [5, 5.41) is 0. The van der Waals surface area contributed by atoms with Gasteiger partial charge in [-0.15, -0.1) is 0 Å². The summed E-state index contributed by atoms with van der Waals surface area (Å²) in [6.07, 6.45) is 0.203. The van der Waals surface area contributed by atoms with Gasteiger partial charge in [-0.1, -0.05) is 19.1 Å². The molecule has 0 spiro atoms. The van der Waals surface area contributed by atoms with Gasteiger partial charge in [0.05, 0.1) is 42.3 Å². The Kier molecular flexibility index (Phi) is 6.63. The lowest BCUT2D eigenvalue weighted by Gasteiger charge is -2.42. The summed E-state index contributed by atoms with van der Waals surface area (Å²) in [6.45, 7) is 8.21. The molecule has 0 saturated heterocycles. The van der Waals surface area contributed by atoms with Gasteiger partial charge in [-0.3, -0.25) is 9.69 Å². The molecule has 0 fully saturated rings. The Bertz CT molecular complexity index is 1020. The SMILES string of the molecule is CCOC(=O)N1c2cc(C)c(C)cc2N(C(=O)c2ccccc2C(=O)OC)CC1CC. The minimum atomic E-state index is -0.568. The number of methoxy groups -OCH3 is 1. The largest absolute Gasteiger partial charge is 0.465 e. The van der Waals surface area contributed by atoms with Crippen LogP contribution in [0.25, 0.3) is 0 Å². The number of rotatable bonds is 4. The molecule has 3 rings (SSSR count). The fraction of sp³-hybridized carbons (Fsp3) is 0.375. The third kappa shape index (κ3) is 4.13. The third-order valence-electron chi connectivity index (χ3n) is 5.64. The van der Waals surface area contributed by atoms with Gasteiger partial charge in [0, 0.05) is 6.54 Å². The number of hydrogen-bond donors (Lipinski definition) is 0. The number of carbonyl (C=O) groups excluding carboxylic acids is 3. The molecule has 0 aliphatic carbocycles. The van der Waals surface area contributed by atoms with Gasteiger partial charge in [0.25, 0.3) is 5.91 Å². The Morgan fingerprint density at radius 2 is 1.61 bits per heavy atom. The van der Waals surface area contributed by atoms with Crippen LogP contribution in [0.3, 0.4) is 0 Å². The number of benzene rings is 2. The molecule has 2 aromatic carbocycles. The number of hydrogen-bond acceptors (Lipinski definition) is 5. The van der Waals surface area contributed by atoms with Crippen LogP contribution in [0.2, 0.25) is 0 Å². The molecule has 1 aliphatic heterocycles. The van der Waals surface area contributed by atoms with Crippen molar-refractivity contribution >= 4 is 29.3 Å². The van der Waals surface area contributed by atoms with E-state index in [4.69, 9.17) is 9.47 Å². The van der Waals surface area contributed by atoms with Crippen LogP contribution < -0.4 is 9.80 Å². The summed E-state index contributed by atoms with van der Waals surface area (Å²) >= 11 is 0. The van der Waals surface area contributed by atoms with Crippen LogP contribution in [0, 0.1) is 13.8 Å². The summed E-state index contributed by atoms with van der Waals surface area (Å²) < 4.78 is 10.2. The van der Waals surface area contributed by atoms with Crippen molar-refractivity contribution < 1.29 is 23.9 Å². The van der Waals surface area contributed by atoms with E-state index in [2.05, 4.69) is 0 Å². The summed E-state index contributed by atoms with van der Waals surface area (Å²) in [7, 11) is 1.29. The molecule has 1 unspecified atom stereocenters. The second-order valence-electron chi connectivity index (χ2n) is 7.51. The van der Waals surface area contributed by atoms with Gasteiger partial charge in [0.2, 0.25) is 0 Å². The highest BCUT2D eigenvalue weighted by atomic mass is 16.6. The standard InChI is InChI=1S/C24H28N2O5/c1-6-17-14-25(22(27)18-10-8-9-11-19(18)23(28)30-5)20-12-15(3)16(4)13-21(20)26(17)24(29)31-7-2/h8-13,17H,6-7,14H2,1-5H3. The first kappa shape index (κ1) is 22.3. The van der Waals surface area contributed by atoms with Gasteiger partial charge in [-0.05, 0) is 62.6 Å². The minimum Gasteiger partial charge on any atom is -0.465 e. The first-order valence-electron chi connectivity index (χ1n) is 10.4. The average molecular weight is 424 g/mol. The van der Waals surface area contributed by atoms with E-state index in [0.29, 0.717) is 24.3 Å². The Hall–Kier alpha value is -3.35. The molecule has 1 aliphatic rings. The van der Waals surface area contributed by atoms with Crippen LogP contribution in [0.5, 0.6) is 0 Å². The number of anilines is 2. The van der Waals surface area contributed by atoms with Crippen LogP contribution in [0.1, 0.15) is 52.1 Å². The topological polar surface area (TPSA) is 76.2 Å². The molecule has 0 radical (unpaired) electrons. The van der Waals surface area contributed by atoms with Crippen LogP contribution in [-0.4, -0.2) is 44.3 Å². The molecule has 31 heavy (non-hydrogen) atoms. The van der Waals surface area contributed by atoms with Crippen LogP contribution in [0.15, 0.2) is 36.4 Å². The van der Waals surface area contributed by atoms with Gasteiger partial charge in [-0.2, -0.15) is 0 Å². The van der Waals surface area contributed by atoms with Crippen molar-refractivity contribution in [3.8, 4) is 0 Å². The van der Waals surface area contributed by atoms with Gasteiger partial charge in [-0.25, -0.2) is 9.59 Å². The molecule has 1 heterocycles. The van der Waals surface area contributed by atoms with E-state index in [0.717, 1.165) is 11.1 Å². The van der Waals surface area contributed by atoms with Crippen molar-refractivity contribution in [2.45, 2.75) is 40.2 Å². The van der Waals surface area contributed by atoms with Crippen LogP contribution in [-0.2, 0) is 9.47 Å². The van der Waals surface area contributed by atoms with Crippen LogP contribution in [0.4, 0.5) is 16.2 Å². The Morgan fingerprint density at radius 3 is 2.19 bits per heavy atom. The molecule has 0 aromatic heterocycles. The molecule has 164 valence electrons. The van der Waals surface area contributed by atoms with E-state index >= 15 is 0 Å². The Balaban J connectivity index is 2.15. The van der Waals surface area contributed by atoms with Crippen molar-refractivity contribution in [2.75, 3.05) is 30.1 Å². The molecular weight excluding hydrogens is 396 g/mol. The predicted molar refractivity (Wildman–Crippen MR) is 119 cm³/mol. The lowest BCUT2D eigenvalue weighted by Crippen LogP contribution is -2.53. The van der Waals surface area contributed by atoms with Crippen LogP contribution >= 0.6 is 0 Å². The molecule has 2 aromatic rings. The van der Waals surface area contributed by atoms with Crippen molar-refractivity contribution in [3.05, 3.63) is 58.7 Å². The number of esters is 1. The molecule has 0 N–H and O–H groups in total. The quantitative estimate of drug-likeness (QED) is 0.676. The van der Waals surface area contributed by atoms with Gasteiger partial charge in [0.15, 0.2) is 0 Å². The molecule has 2 amide bonds.